The fourth-order valence-electron chi connectivity index (χ4n) is 9.31. The molecule has 2 aliphatic rings. The van der Waals surface area contributed by atoms with Gasteiger partial charge in [0.2, 0.25) is 0 Å². The fourth-order valence-corrected chi connectivity index (χ4v) is 10.5. The van der Waals surface area contributed by atoms with E-state index in [2.05, 4.69) is 127 Å². The van der Waals surface area contributed by atoms with Crippen molar-refractivity contribution in [1.82, 2.24) is 15.0 Å². The van der Waals surface area contributed by atoms with Gasteiger partial charge in [0.05, 0.1) is 5.41 Å². The van der Waals surface area contributed by atoms with Crippen molar-refractivity contribution in [3.8, 4) is 67.5 Å². The summed E-state index contributed by atoms with van der Waals surface area (Å²) < 4.78 is 2.47. The van der Waals surface area contributed by atoms with Crippen molar-refractivity contribution in [1.29, 1.82) is 0 Å². The van der Waals surface area contributed by atoms with Crippen LogP contribution >= 0.6 is 11.3 Å². The van der Waals surface area contributed by atoms with Crippen LogP contribution in [-0.4, -0.2) is 15.0 Å². The largest absolute Gasteiger partial charge is 0.208 e. The number of fused-ring (bicyclic) bond motifs is 13. The Bertz CT molecular complexity index is 3080. The highest BCUT2D eigenvalue weighted by atomic mass is 32.1. The molecule has 0 atom stereocenters. The van der Waals surface area contributed by atoms with Crippen LogP contribution in [0.15, 0.2) is 188 Å². The van der Waals surface area contributed by atoms with Gasteiger partial charge in [0.1, 0.15) is 0 Å². The molecule has 1 spiro atoms. The summed E-state index contributed by atoms with van der Waals surface area (Å²) in [5.41, 5.74) is 15.7. The smallest absolute Gasteiger partial charge is 0.164 e. The van der Waals surface area contributed by atoms with Gasteiger partial charge in [-0.3, -0.25) is 0 Å². The third-order valence-electron chi connectivity index (χ3n) is 11.8. The normalized spacial score (nSPS) is 13.1. The van der Waals surface area contributed by atoms with Crippen LogP contribution in [0.5, 0.6) is 0 Å². The Morgan fingerprint density at radius 1 is 0.304 bits per heavy atom. The standard InChI is InChI=1S/C52H31N3S/c1-3-13-32(14-4-1)49-53-50(33-15-5-2-6-16-33)55-51(54-49)36-25-28-42-41-27-24-35(30-47(41)56-48(42)31-36)34-23-26-40-39-19-9-12-22-45(39)52(46(40)29-34)43-20-10-7-17-37(43)38-18-8-11-21-44(38)52/h1-31H. The Labute approximate surface area is 328 Å². The maximum atomic E-state index is 5.00. The lowest BCUT2D eigenvalue weighted by molar-refractivity contribution is 0.794. The molecule has 0 bridgehead atoms. The van der Waals surface area contributed by atoms with E-state index in [1.165, 1.54) is 75.8 Å². The molecule has 4 heteroatoms. The van der Waals surface area contributed by atoms with Gasteiger partial charge in [-0.1, -0.05) is 170 Å². The van der Waals surface area contributed by atoms with E-state index in [1.807, 2.05) is 72.0 Å². The zero-order chi connectivity index (χ0) is 36.8. The zero-order valence-electron chi connectivity index (χ0n) is 30.1. The van der Waals surface area contributed by atoms with Crippen molar-refractivity contribution in [3.63, 3.8) is 0 Å². The molecule has 0 amide bonds. The summed E-state index contributed by atoms with van der Waals surface area (Å²) >= 11 is 1.82. The summed E-state index contributed by atoms with van der Waals surface area (Å²) in [6, 6.07) is 68.0. The number of rotatable bonds is 4. The summed E-state index contributed by atoms with van der Waals surface area (Å²) in [5.74, 6) is 2.00. The van der Waals surface area contributed by atoms with Gasteiger partial charge in [-0.2, -0.15) is 0 Å². The van der Waals surface area contributed by atoms with E-state index in [9.17, 15) is 0 Å². The summed E-state index contributed by atoms with van der Waals surface area (Å²) in [7, 11) is 0. The van der Waals surface area contributed by atoms with Gasteiger partial charge in [0.25, 0.3) is 0 Å². The van der Waals surface area contributed by atoms with Crippen molar-refractivity contribution in [3.05, 3.63) is 210 Å². The molecular formula is C52H31N3S. The van der Waals surface area contributed by atoms with Crippen molar-refractivity contribution in [2.75, 3.05) is 0 Å². The second-order valence-electron chi connectivity index (χ2n) is 14.7. The first-order valence-corrected chi connectivity index (χ1v) is 19.8. The molecule has 3 nitrogen and oxygen atoms in total. The zero-order valence-corrected chi connectivity index (χ0v) is 31.0. The Morgan fingerprint density at radius 2 is 0.696 bits per heavy atom. The van der Waals surface area contributed by atoms with Crippen LogP contribution in [0.2, 0.25) is 0 Å². The first kappa shape index (κ1) is 31.4. The van der Waals surface area contributed by atoms with Gasteiger partial charge in [0.15, 0.2) is 17.5 Å². The maximum Gasteiger partial charge on any atom is 0.164 e. The first-order valence-electron chi connectivity index (χ1n) is 19.0. The predicted octanol–water partition coefficient (Wildman–Crippen LogP) is 13.3. The predicted molar refractivity (Wildman–Crippen MR) is 231 cm³/mol. The highest BCUT2D eigenvalue weighted by molar-refractivity contribution is 7.25. The summed E-state index contributed by atoms with van der Waals surface area (Å²) in [6.07, 6.45) is 0. The van der Waals surface area contributed by atoms with Gasteiger partial charge in [-0.05, 0) is 73.8 Å². The number of aromatic nitrogens is 3. The molecule has 2 heterocycles. The van der Waals surface area contributed by atoms with Crippen LogP contribution in [0.1, 0.15) is 22.3 Å². The monoisotopic (exact) mass is 729 g/mol. The third kappa shape index (κ3) is 4.48. The highest BCUT2D eigenvalue weighted by Crippen LogP contribution is 2.63. The molecule has 2 aromatic heterocycles. The van der Waals surface area contributed by atoms with E-state index in [0.29, 0.717) is 17.5 Å². The first-order chi connectivity index (χ1) is 27.7. The van der Waals surface area contributed by atoms with Crippen LogP contribution in [-0.2, 0) is 5.41 Å². The van der Waals surface area contributed by atoms with E-state index in [1.54, 1.807) is 0 Å². The van der Waals surface area contributed by atoms with Crippen molar-refractivity contribution in [2.45, 2.75) is 5.41 Å². The average molecular weight is 730 g/mol. The summed E-state index contributed by atoms with van der Waals surface area (Å²) in [6.45, 7) is 0. The van der Waals surface area contributed by atoms with Crippen LogP contribution in [0.4, 0.5) is 0 Å². The lowest BCUT2D eigenvalue weighted by Crippen LogP contribution is -2.25. The molecule has 2 aliphatic carbocycles. The van der Waals surface area contributed by atoms with Crippen molar-refractivity contribution in [2.24, 2.45) is 0 Å². The second-order valence-corrected chi connectivity index (χ2v) is 15.8. The van der Waals surface area contributed by atoms with E-state index in [-0.39, 0.29) is 5.41 Å². The minimum Gasteiger partial charge on any atom is -0.208 e. The highest BCUT2D eigenvalue weighted by Gasteiger charge is 2.51. The minimum atomic E-state index is -0.358. The molecule has 0 saturated carbocycles. The molecular weight excluding hydrogens is 699 g/mol. The number of thiophene rings is 1. The van der Waals surface area contributed by atoms with E-state index in [0.717, 1.165) is 16.7 Å². The Hall–Kier alpha value is -7.01. The molecule has 12 rings (SSSR count). The topological polar surface area (TPSA) is 38.7 Å². The molecule has 260 valence electrons. The van der Waals surface area contributed by atoms with Gasteiger partial charge >= 0.3 is 0 Å². The lowest BCUT2D eigenvalue weighted by atomic mass is 9.70. The molecule has 0 N–H and O–H groups in total. The SMILES string of the molecule is c1ccc(-c2nc(-c3ccccc3)nc(-c3ccc4c(c3)sc3cc(-c5ccc6c(c5)C5(c7ccccc7-c7ccccc75)c5ccccc5-6)ccc34)n2)cc1. The van der Waals surface area contributed by atoms with Crippen molar-refractivity contribution >= 4 is 31.5 Å². The van der Waals surface area contributed by atoms with Crippen LogP contribution in [0.3, 0.4) is 0 Å². The minimum absolute atomic E-state index is 0.358. The van der Waals surface area contributed by atoms with E-state index < -0.39 is 0 Å². The van der Waals surface area contributed by atoms with Gasteiger partial charge in [0, 0.05) is 36.9 Å². The van der Waals surface area contributed by atoms with E-state index in [4.69, 9.17) is 15.0 Å². The third-order valence-corrected chi connectivity index (χ3v) is 12.9. The second kappa shape index (κ2) is 12.0. The molecule has 0 unspecified atom stereocenters. The molecule has 56 heavy (non-hydrogen) atoms. The number of hydrogen-bond acceptors (Lipinski definition) is 4. The fraction of sp³-hybridized carbons (Fsp3) is 0.0192. The molecule has 10 aromatic rings. The van der Waals surface area contributed by atoms with Crippen LogP contribution in [0, 0.1) is 0 Å². The molecule has 0 radical (unpaired) electrons. The quantitative estimate of drug-likeness (QED) is 0.181. The summed E-state index contributed by atoms with van der Waals surface area (Å²) in [4.78, 5) is 14.9. The van der Waals surface area contributed by atoms with Crippen molar-refractivity contribution < 1.29 is 0 Å². The van der Waals surface area contributed by atoms with E-state index >= 15 is 0 Å². The number of nitrogens with zero attached hydrogens (tertiary/aromatic N) is 3. The molecule has 0 aliphatic heterocycles. The van der Waals surface area contributed by atoms with Gasteiger partial charge < -0.3 is 0 Å². The van der Waals surface area contributed by atoms with Crippen LogP contribution in [0.25, 0.3) is 87.7 Å². The number of hydrogen-bond donors (Lipinski definition) is 0. The Balaban J connectivity index is 0.985. The molecule has 8 aromatic carbocycles. The molecule has 0 fully saturated rings. The maximum absolute atomic E-state index is 5.00. The molecule has 0 saturated heterocycles. The lowest BCUT2D eigenvalue weighted by Gasteiger charge is -2.30. The van der Waals surface area contributed by atoms with Gasteiger partial charge in [-0.15, -0.1) is 11.3 Å². The number of benzene rings is 8. The average Bonchev–Trinajstić information content (AvgIpc) is 3.90. The Morgan fingerprint density at radius 3 is 1.23 bits per heavy atom. The van der Waals surface area contributed by atoms with Crippen LogP contribution < -0.4 is 0 Å². The van der Waals surface area contributed by atoms with Gasteiger partial charge in [-0.25, -0.2) is 15.0 Å². The Kier molecular flexibility index (Phi) is 6.72. The summed E-state index contributed by atoms with van der Waals surface area (Å²) in [5, 5.41) is 2.50.